The lowest BCUT2D eigenvalue weighted by molar-refractivity contribution is -0.131. The first-order valence-corrected chi connectivity index (χ1v) is 8.62. The van der Waals surface area contributed by atoms with Gasteiger partial charge in [-0.25, -0.2) is 0 Å². The van der Waals surface area contributed by atoms with Crippen LogP contribution in [-0.4, -0.2) is 45.6 Å². The van der Waals surface area contributed by atoms with Crippen molar-refractivity contribution in [3.63, 3.8) is 0 Å². The lowest BCUT2D eigenvalue weighted by atomic mass is 10.1. The second-order valence-electron chi connectivity index (χ2n) is 5.27. The van der Waals surface area contributed by atoms with Gasteiger partial charge in [0, 0.05) is 26.0 Å². The van der Waals surface area contributed by atoms with E-state index < -0.39 is 12.2 Å². The van der Waals surface area contributed by atoms with Crippen molar-refractivity contribution in [2.45, 2.75) is 26.6 Å². The van der Waals surface area contributed by atoms with Crippen molar-refractivity contribution < 1.29 is 19.0 Å². The Morgan fingerprint density at radius 2 is 1.88 bits per heavy atom. The van der Waals surface area contributed by atoms with Gasteiger partial charge in [-0.15, -0.1) is 0 Å². The van der Waals surface area contributed by atoms with Crippen LogP contribution in [0, 0.1) is 11.3 Å². The fraction of sp³-hybridized carbons (Fsp3) is 0.474. The third kappa shape index (κ3) is 8.01. The third-order valence-corrected chi connectivity index (χ3v) is 3.46. The fourth-order valence-electron chi connectivity index (χ4n) is 2.15. The van der Waals surface area contributed by atoms with Crippen LogP contribution in [0.5, 0.6) is 5.75 Å². The molecule has 0 fully saturated rings. The van der Waals surface area contributed by atoms with Gasteiger partial charge in [-0.3, -0.25) is 4.79 Å². The number of amides is 1. The summed E-state index contributed by atoms with van der Waals surface area (Å²) in [5.41, 5.74) is 1.08. The van der Waals surface area contributed by atoms with Gasteiger partial charge in [0.1, 0.15) is 17.4 Å². The van der Waals surface area contributed by atoms with Crippen LogP contribution < -0.4 is 15.4 Å². The fourth-order valence-corrected chi connectivity index (χ4v) is 2.15. The predicted molar refractivity (Wildman–Crippen MR) is 98.4 cm³/mol. The molecular formula is C19H27N3O4. The number of nitriles is 1. The topological polar surface area (TPSA) is 92.6 Å². The van der Waals surface area contributed by atoms with Gasteiger partial charge < -0.3 is 24.8 Å². The number of nitrogens with one attached hydrogen (secondary N) is 2. The van der Waals surface area contributed by atoms with Gasteiger partial charge in [-0.05, 0) is 38.0 Å². The van der Waals surface area contributed by atoms with Gasteiger partial charge in [0.15, 0.2) is 6.29 Å². The molecule has 1 rings (SSSR count). The number of rotatable bonds is 12. The minimum Gasteiger partial charge on any atom is -0.497 e. The van der Waals surface area contributed by atoms with E-state index in [0.29, 0.717) is 32.7 Å². The van der Waals surface area contributed by atoms with Crippen molar-refractivity contribution >= 4 is 5.91 Å². The normalized spacial score (nSPS) is 11.1. The number of methoxy groups -OCH3 is 1. The van der Waals surface area contributed by atoms with E-state index in [-0.39, 0.29) is 5.57 Å². The van der Waals surface area contributed by atoms with Crippen molar-refractivity contribution in [2.24, 2.45) is 0 Å². The summed E-state index contributed by atoms with van der Waals surface area (Å²) in [7, 11) is 1.62. The molecule has 2 N–H and O–H groups in total. The van der Waals surface area contributed by atoms with Crippen molar-refractivity contribution in [3.05, 3.63) is 41.6 Å². The monoisotopic (exact) mass is 361 g/mol. The van der Waals surface area contributed by atoms with Crippen LogP contribution in [0.2, 0.25) is 0 Å². The summed E-state index contributed by atoms with van der Waals surface area (Å²) < 4.78 is 15.9. The molecule has 0 aliphatic rings. The van der Waals surface area contributed by atoms with E-state index in [4.69, 9.17) is 19.5 Å². The highest BCUT2D eigenvalue weighted by molar-refractivity contribution is 5.97. The lowest BCUT2D eigenvalue weighted by Gasteiger charge is -2.16. The molecule has 0 unspecified atom stereocenters. The van der Waals surface area contributed by atoms with Crippen molar-refractivity contribution in [1.29, 1.82) is 5.26 Å². The molecule has 0 bridgehead atoms. The van der Waals surface area contributed by atoms with Gasteiger partial charge in [-0.1, -0.05) is 12.1 Å². The average Bonchev–Trinajstić information content (AvgIpc) is 2.66. The maximum atomic E-state index is 12.1. The Balaban J connectivity index is 2.42. The number of nitrogens with zero attached hydrogens (tertiary/aromatic N) is 1. The Bertz CT molecular complexity index is 602. The average molecular weight is 361 g/mol. The second-order valence-corrected chi connectivity index (χ2v) is 5.27. The molecule has 0 aromatic heterocycles. The Hall–Kier alpha value is -2.56. The van der Waals surface area contributed by atoms with E-state index in [2.05, 4.69) is 10.6 Å². The number of benzene rings is 1. The van der Waals surface area contributed by atoms with Crippen molar-refractivity contribution in [3.8, 4) is 11.8 Å². The molecule has 0 aliphatic carbocycles. The van der Waals surface area contributed by atoms with Crippen LogP contribution in [-0.2, 0) is 20.7 Å². The van der Waals surface area contributed by atoms with E-state index in [9.17, 15) is 4.79 Å². The number of carbonyl (C=O) groups is 1. The SMILES string of the molecule is CCOC(CN/C=C(/C#N)C(=O)NCCc1ccc(OC)cc1)OCC. The summed E-state index contributed by atoms with van der Waals surface area (Å²) in [6.45, 7) is 5.58. The highest BCUT2D eigenvalue weighted by atomic mass is 16.7. The molecule has 26 heavy (non-hydrogen) atoms. The molecule has 7 nitrogen and oxygen atoms in total. The molecule has 0 heterocycles. The number of ether oxygens (including phenoxy) is 3. The molecule has 0 saturated carbocycles. The van der Waals surface area contributed by atoms with Crippen LogP contribution in [0.25, 0.3) is 0 Å². The largest absolute Gasteiger partial charge is 0.497 e. The van der Waals surface area contributed by atoms with Crippen molar-refractivity contribution in [1.82, 2.24) is 10.6 Å². The van der Waals surface area contributed by atoms with Crippen LogP contribution in [0.15, 0.2) is 36.0 Å². The molecule has 0 saturated heterocycles. The minimum absolute atomic E-state index is 0.00600. The molecule has 7 heteroatoms. The maximum absolute atomic E-state index is 12.1. The summed E-state index contributed by atoms with van der Waals surface area (Å²) in [4.78, 5) is 12.1. The lowest BCUT2D eigenvalue weighted by Crippen LogP contribution is -2.31. The number of hydrogen-bond donors (Lipinski definition) is 2. The molecule has 1 aromatic rings. The Morgan fingerprint density at radius 1 is 1.23 bits per heavy atom. The third-order valence-electron chi connectivity index (χ3n) is 3.46. The molecule has 0 aliphatic heterocycles. The molecule has 1 aromatic carbocycles. The molecule has 0 radical (unpaired) electrons. The van der Waals surface area contributed by atoms with Crippen molar-refractivity contribution in [2.75, 3.05) is 33.4 Å². The zero-order valence-corrected chi connectivity index (χ0v) is 15.6. The van der Waals surface area contributed by atoms with Gasteiger partial charge in [-0.2, -0.15) is 5.26 Å². The Kier molecular flexibility index (Phi) is 10.5. The van der Waals surface area contributed by atoms with E-state index >= 15 is 0 Å². The zero-order chi connectivity index (χ0) is 19.2. The smallest absolute Gasteiger partial charge is 0.263 e. The Labute approximate surface area is 154 Å². The highest BCUT2D eigenvalue weighted by Crippen LogP contribution is 2.11. The first-order chi connectivity index (χ1) is 12.6. The standard InChI is InChI=1S/C19H27N3O4/c1-4-25-18(26-5-2)14-21-13-16(12-20)19(23)22-11-10-15-6-8-17(24-3)9-7-15/h6-9,13,18,21H,4-5,10-11,14H2,1-3H3,(H,22,23)/b16-13-. The highest BCUT2D eigenvalue weighted by Gasteiger charge is 2.10. The summed E-state index contributed by atoms with van der Waals surface area (Å²) in [6, 6.07) is 9.51. The summed E-state index contributed by atoms with van der Waals surface area (Å²) >= 11 is 0. The van der Waals surface area contributed by atoms with Gasteiger partial charge >= 0.3 is 0 Å². The van der Waals surface area contributed by atoms with E-state index in [1.165, 1.54) is 6.20 Å². The number of carbonyl (C=O) groups excluding carboxylic acids is 1. The van der Waals surface area contributed by atoms with Gasteiger partial charge in [0.2, 0.25) is 0 Å². The van der Waals surface area contributed by atoms with Crippen LogP contribution in [0.4, 0.5) is 0 Å². The summed E-state index contributed by atoms with van der Waals surface area (Å²) in [5, 5.41) is 14.8. The molecule has 142 valence electrons. The Morgan fingerprint density at radius 3 is 2.42 bits per heavy atom. The van der Waals surface area contributed by atoms with E-state index in [0.717, 1.165) is 11.3 Å². The van der Waals surface area contributed by atoms with Crippen LogP contribution in [0.1, 0.15) is 19.4 Å². The molecule has 1 amide bonds. The maximum Gasteiger partial charge on any atom is 0.263 e. The van der Waals surface area contributed by atoms with Crippen LogP contribution in [0.3, 0.4) is 0 Å². The number of hydrogen-bond acceptors (Lipinski definition) is 6. The van der Waals surface area contributed by atoms with Gasteiger partial charge in [0.05, 0.1) is 13.7 Å². The van der Waals surface area contributed by atoms with E-state index in [1.54, 1.807) is 7.11 Å². The first-order valence-electron chi connectivity index (χ1n) is 8.62. The summed E-state index contributed by atoms with van der Waals surface area (Å²) in [6.07, 6.45) is 1.63. The van der Waals surface area contributed by atoms with Gasteiger partial charge in [0.25, 0.3) is 5.91 Å². The quantitative estimate of drug-likeness (QED) is 0.335. The minimum atomic E-state index is -0.419. The second kappa shape index (κ2) is 12.8. The summed E-state index contributed by atoms with van der Waals surface area (Å²) in [5.74, 6) is 0.369. The predicted octanol–water partition coefficient (Wildman–Crippen LogP) is 1.75. The molecule has 0 atom stereocenters. The first kappa shape index (κ1) is 21.5. The van der Waals surface area contributed by atoms with Crippen LogP contribution >= 0.6 is 0 Å². The van der Waals surface area contributed by atoms with E-state index in [1.807, 2.05) is 44.2 Å². The zero-order valence-electron chi connectivity index (χ0n) is 15.6. The molecule has 0 spiro atoms. The molecular weight excluding hydrogens is 334 g/mol.